The number of aromatic nitrogens is 2. The lowest BCUT2D eigenvalue weighted by Crippen LogP contribution is -2.36. The van der Waals surface area contributed by atoms with Gasteiger partial charge in [-0.15, -0.1) is 0 Å². The molecule has 0 saturated carbocycles. The minimum atomic E-state index is -0.693. The van der Waals surface area contributed by atoms with E-state index in [0.29, 0.717) is 5.69 Å². The summed E-state index contributed by atoms with van der Waals surface area (Å²) in [6.07, 6.45) is 0.624. The van der Waals surface area contributed by atoms with Crippen molar-refractivity contribution < 1.29 is 14.3 Å². The van der Waals surface area contributed by atoms with Crippen molar-refractivity contribution in [1.29, 1.82) is 0 Å². The number of imide groups is 1. The van der Waals surface area contributed by atoms with Crippen molar-refractivity contribution in [1.82, 2.24) is 14.9 Å². The number of ether oxygens (including phenoxy) is 1. The van der Waals surface area contributed by atoms with Crippen molar-refractivity contribution in [2.75, 3.05) is 0 Å². The molecule has 6 nitrogen and oxygen atoms in total. The van der Waals surface area contributed by atoms with Crippen molar-refractivity contribution >= 4 is 23.6 Å². The predicted octanol–water partition coefficient (Wildman–Crippen LogP) is 2.02. The minimum Gasteiger partial charge on any atom is -0.443 e. The quantitative estimate of drug-likeness (QED) is 0.674. The molecule has 0 aromatic carbocycles. The van der Waals surface area contributed by atoms with Gasteiger partial charge >= 0.3 is 6.09 Å². The van der Waals surface area contributed by atoms with Crippen molar-refractivity contribution in [3.05, 3.63) is 22.7 Å². The molecular formula is C11H12ClN3O3. The number of halogens is 1. The first-order valence-electron chi connectivity index (χ1n) is 5.34. The van der Waals surface area contributed by atoms with Gasteiger partial charge in [-0.2, -0.15) is 0 Å². The fraction of sp³-hybridized carbons (Fsp3) is 0.455. The molecule has 2 amide bonds. The number of hydrogen-bond acceptors (Lipinski definition) is 5. The number of carbonyl (C=O) groups excluding carboxylic acids is 2. The maximum atomic E-state index is 11.9. The molecule has 2 heterocycles. The Bertz CT molecular complexity index is 525. The summed E-state index contributed by atoms with van der Waals surface area (Å²) in [5.74, 6) is -0.462. The minimum absolute atomic E-state index is 0.0487. The van der Waals surface area contributed by atoms with Crippen LogP contribution in [0.5, 0.6) is 0 Å². The molecule has 18 heavy (non-hydrogen) atoms. The molecule has 1 aliphatic heterocycles. The number of rotatable bonds is 0. The van der Waals surface area contributed by atoms with Crippen LogP contribution in [-0.2, 0) is 11.3 Å². The fourth-order valence-corrected chi connectivity index (χ4v) is 1.67. The largest absolute Gasteiger partial charge is 0.443 e. The third-order valence-corrected chi connectivity index (χ3v) is 2.42. The maximum Gasteiger partial charge on any atom is 0.417 e. The maximum absolute atomic E-state index is 11.9. The molecule has 0 spiro atoms. The standard InChI is InChI=1S/C11H12ClN3O3/c1-11(2,3)18-10(17)15-5-7-6(8(15)16)4-13-9(12)14-7/h4H,5H2,1-3H3. The summed E-state index contributed by atoms with van der Waals surface area (Å²) < 4.78 is 5.14. The van der Waals surface area contributed by atoms with E-state index >= 15 is 0 Å². The summed E-state index contributed by atoms with van der Waals surface area (Å²) in [7, 11) is 0. The highest BCUT2D eigenvalue weighted by Crippen LogP contribution is 2.23. The summed E-state index contributed by atoms with van der Waals surface area (Å²) in [5, 5.41) is 0.0487. The second-order valence-corrected chi connectivity index (χ2v) is 5.21. The summed E-state index contributed by atoms with van der Waals surface area (Å²) in [5.41, 5.74) is 0.0613. The Morgan fingerprint density at radius 3 is 2.78 bits per heavy atom. The zero-order valence-electron chi connectivity index (χ0n) is 10.2. The van der Waals surface area contributed by atoms with Crippen LogP contribution < -0.4 is 0 Å². The molecule has 1 aliphatic rings. The van der Waals surface area contributed by atoms with Crippen molar-refractivity contribution in [3.63, 3.8) is 0 Å². The summed E-state index contributed by atoms with van der Waals surface area (Å²) in [6, 6.07) is 0. The van der Waals surface area contributed by atoms with Gasteiger partial charge in [0.1, 0.15) is 5.60 Å². The van der Waals surface area contributed by atoms with Crippen LogP contribution >= 0.6 is 11.6 Å². The summed E-state index contributed by atoms with van der Waals surface area (Å²) in [4.78, 5) is 32.4. The lowest BCUT2D eigenvalue weighted by atomic mass is 10.2. The van der Waals surface area contributed by atoms with Gasteiger partial charge in [-0.3, -0.25) is 4.79 Å². The summed E-state index contributed by atoms with van der Waals surface area (Å²) >= 11 is 5.64. The van der Waals surface area contributed by atoms with Crippen LogP contribution in [0.4, 0.5) is 4.79 Å². The van der Waals surface area contributed by atoms with E-state index < -0.39 is 17.6 Å². The Kier molecular flexibility index (Phi) is 2.98. The van der Waals surface area contributed by atoms with Crippen molar-refractivity contribution in [3.8, 4) is 0 Å². The van der Waals surface area contributed by atoms with Gasteiger partial charge in [-0.1, -0.05) is 0 Å². The average Bonchev–Trinajstić information content (AvgIpc) is 2.53. The molecule has 0 bridgehead atoms. The van der Waals surface area contributed by atoms with Crippen molar-refractivity contribution in [2.45, 2.75) is 32.9 Å². The zero-order valence-corrected chi connectivity index (χ0v) is 11.0. The lowest BCUT2D eigenvalue weighted by molar-refractivity contribution is 0.0247. The molecule has 0 unspecified atom stereocenters. The second-order valence-electron chi connectivity index (χ2n) is 4.87. The number of carbonyl (C=O) groups is 2. The Labute approximate surface area is 109 Å². The van der Waals surface area contributed by atoms with Gasteiger partial charge in [0, 0.05) is 6.20 Å². The number of nitrogens with zero attached hydrogens (tertiary/aromatic N) is 3. The lowest BCUT2D eigenvalue weighted by Gasteiger charge is -2.22. The third kappa shape index (κ3) is 2.43. The Hall–Kier alpha value is -1.69. The van der Waals surface area contributed by atoms with E-state index in [0.717, 1.165) is 4.90 Å². The van der Waals surface area contributed by atoms with Crippen molar-refractivity contribution in [2.24, 2.45) is 0 Å². The molecule has 0 aliphatic carbocycles. The van der Waals surface area contributed by atoms with Crippen LogP contribution in [0.1, 0.15) is 36.8 Å². The number of fused-ring (bicyclic) bond motifs is 1. The molecule has 7 heteroatoms. The van der Waals surface area contributed by atoms with E-state index in [4.69, 9.17) is 16.3 Å². The molecular weight excluding hydrogens is 258 g/mol. The smallest absolute Gasteiger partial charge is 0.417 e. The van der Waals surface area contributed by atoms with Gasteiger partial charge in [0.2, 0.25) is 5.28 Å². The van der Waals surface area contributed by atoms with Crippen LogP contribution in [0.25, 0.3) is 0 Å². The summed E-state index contributed by atoms with van der Waals surface area (Å²) in [6.45, 7) is 5.26. The molecule has 0 fully saturated rings. The molecule has 0 radical (unpaired) electrons. The topological polar surface area (TPSA) is 72.4 Å². The van der Waals surface area contributed by atoms with E-state index in [-0.39, 0.29) is 17.4 Å². The molecule has 0 atom stereocenters. The first-order chi connectivity index (χ1) is 8.28. The van der Waals surface area contributed by atoms with E-state index in [1.54, 1.807) is 20.8 Å². The van der Waals surface area contributed by atoms with Gasteiger partial charge in [0.15, 0.2) is 0 Å². The Morgan fingerprint density at radius 2 is 2.17 bits per heavy atom. The monoisotopic (exact) mass is 269 g/mol. The van der Waals surface area contributed by atoms with E-state index in [1.807, 2.05) is 0 Å². The molecule has 96 valence electrons. The van der Waals surface area contributed by atoms with Gasteiger partial charge in [-0.25, -0.2) is 19.7 Å². The van der Waals surface area contributed by atoms with Crippen LogP contribution in [0.15, 0.2) is 6.20 Å². The van der Waals surface area contributed by atoms with Gasteiger partial charge in [0.25, 0.3) is 5.91 Å². The molecule has 0 saturated heterocycles. The SMILES string of the molecule is CC(C)(C)OC(=O)N1Cc2nc(Cl)ncc2C1=O. The Morgan fingerprint density at radius 1 is 1.50 bits per heavy atom. The van der Waals surface area contributed by atoms with Gasteiger partial charge in [0.05, 0.1) is 17.8 Å². The second kappa shape index (κ2) is 4.20. The first kappa shape index (κ1) is 12.8. The normalized spacial score (nSPS) is 14.7. The number of amides is 2. The van der Waals surface area contributed by atoms with E-state index in [9.17, 15) is 9.59 Å². The molecule has 2 rings (SSSR count). The van der Waals surface area contributed by atoms with Crippen LogP contribution in [0.3, 0.4) is 0 Å². The predicted molar refractivity (Wildman–Crippen MR) is 63.1 cm³/mol. The molecule has 1 aromatic heterocycles. The van der Waals surface area contributed by atoms with E-state index in [1.165, 1.54) is 6.20 Å². The van der Waals surface area contributed by atoms with Crippen LogP contribution in [0.2, 0.25) is 5.28 Å². The van der Waals surface area contributed by atoms with Gasteiger partial charge < -0.3 is 4.74 Å². The average molecular weight is 270 g/mol. The molecule has 0 N–H and O–H groups in total. The fourth-order valence-electron chi connectivity index (χ4n) is 1.52. The highest BCUT2D eigenvalue weighted by molar-refractivity contribution is 6.28. The van der Waals surface area contributed by atoms with E-state index in [2.05, 4.69) is 9.97 Å². The highest BCUT2D eigenvalue weighted by Gasteiger charge is 2.36. The highest BCUT2D eigenvalue weighted by atomic mass is 35.5. The van der Waals surface area contributed by atoms with Crippen LogP contribution in [0, 0.1) is 0 Å². The number of hydrogen-bond donors (Lipinski definition) is 0. The third-order valence-electron chi connectivity index (χ3n) is 2.24. The molecule has 1 aromatic rings. The van der Waals surface area contributed by atoms with Gasteiger partial charge in [-0.05, 0) is 32.4 Å². The van der Waals surface area contributed by atoms with Crippen LogP contribution in [-0.4, -0.2) is 32.5 Å². The first-order valence-corrected chi connectivity index (χ1v) is 5.72. The zero-order chi connectivity index (χ0) is 13.5. The Balaban J connectivity index is 2.21.